The van der Waals surface area contributed by atoms with Crippen LogP contribution in [0.4, 0.5) is 0 Å². The summed E-state index contributed by atoms with van der Waals surface area (Å²) in [4.78, 5) is 0. The molecule has 0 aliphatic rings. The number of rotatable bonds is 1. The predicted octanol–water partition coefficient (Wildman–Crippen LogP) is 6.59. The van der Waals surface area contributed by atoms with Gasteiger partial charge in [-0.3, -0.25) is 0 Å². The highest BCUT2D eigenvalue weighted by molar-refractivity contribution is 5.66. The molecule has 0 aromatic heterocycles. The first kappa shape index (κ1) is 21.9. The summed E-state index contributed by atoms with van der Waals surface area (Å²) in [5.74, 6) is 1.38. The van der Waals surface area contributed by atoms with E-state index in [-0.39, 0.29) is 21.7 Å². The van der Waals surface area contributed by atoms with Crippen molar-refractivity contribution >= 4 is 0 Å². The van der Waals surface area contributed by atoms with Crippen molar-refractivity contribution in [3.05, 3.63) is 22.3 Å². The second-order valence-electron chi connectivity index (χ2n) is 11.4. The molecule has 0 amide bonds. The highest BCUT2D eigenvalue weighted by atomic mass is 16.5. The van der Waals surface area contributed by atoms with Crippen molar-refractivity contribution in [1.29, 1.82) is 0 Å². The molecule has 0 spiro atoms. The van der Waals surface area contributed by atoms with Gasteiger partial charge in [0, 0.05) is 22.3 Å². The van der Waals surface area contributed by atoms with E-state index in [9.17, 15) is 5.11 Å². The molecule has 0 aliphatic heterocycles. The first-order chi connectivity index (χ1) is 10.8. The van der Waals surface area contributed by atoms with Crippen LogP contribution in [0, 0.1) is 0 Å². The third-order valence-corrected chi connectivity index (χ3v) is 4.63. The van der Waals surface area contributed by atoms with Crippen LogP contribution in [0.25, 0.3) is 0 Å². The molecule has 2 nitrogen and oxygen atoms in total. The Labute approximate surface area is 156 Å². The minimum Gasteiger partial charge on any atom is -0.507 e. The van der Waals surface area contributed by atoms with Gasteiger partial charge in [-0.2, -0.15) is 0 Å². The summed E-state index contributed by atoms with van der Waals surface area (Å²) in [5, 5.41) is 11.5. The van der Waals surface area contributed by atoms with Crippen molar-refractivity contribution in [1.82, 2.24) is 0 Å². The summed E-state index contributed by atoms with van der Waals surface area (Å²) in [6.07, 6.45) is 0. The molecule has 1 aromatic carbocycles. The molecule has 1 aromatic rings. The number of benzene rings is 1. The molecule has 0 bridgehead atoms. The van der Waals surface area contributed by atoms with E-state index in [1.165, 1.54) is 0 Å². The Balaban J connectivity index is 4.37. The zero-order chi connectivity index (χ0) is 20.2. The lowest BCUT2D eigenvalue weighted by Crippen LogP contribution is -2.30. The molecule has 0 atom stereocenters. The summed E-state index contributed by atoms with van der Waals surface area (Å²) in [6, 6.07) is 0. The average Bonchev–Trinajstić information content (AvgIpc) is 2.31. The summed E-state index contributed by atoms with van der Waals surface area (Å²) >= 11 is 0. The van der Waals surface area contributed by atoms with Crippen LogP contribution in [0.5, 0.6) is 11.5 Å². The van der Waals surface area contributed by atoms with Gasteiger partial charge in [0.25, 0.3) is 0 Å². The molecule has 0 saturated heterocycles. The first-order valence-corrected chi connectivity index (χ1v) is 9.34. The molecule has 1 N–H and O–H groups in total. The highest BCUT2D eigenvalue weighted by Gasteiger charge is 2.40. The number of phenols is 1. The van der Waals surface area contributed by atoms with E-state index in [1.807, 2.05) is 0 Å². The van der Waals surface area contributed by atoms with E-state index in [0.717, 1.165) is 28.0 Å². The maximum atomic E-state index is 11.5. The Morgan fingerprint density at radius 1 is 0.520 bits per heavy atom. The average molecular weight is 349 g/mol. The van der Waals surface area contributed by atoms with Gasteiger partial charge in [0.15, 0.2) is 0 Å². The fraction of sp³-hybridized carbons (Fsp3) is 0.739. The molecule has 25 heavy (non-hydrogen) atoms. The van der Waals surface area contributed by atoms with Crippen LogP contribution in [0.15, 0.2) is 0 Å². The zero-order valence-corrected chi connectivity index (χ0v) is 18.9. The predicted molar refractivity (Wildman–Crippen MR) is 109 cm³/mol. The molecule has 1 rings (SSSR count). The van der Waals surface area contributed by atoms with E-state index in [1.54, 1.807) is 7.11 Å². The normalized spacial score (nSPS) is 14.0. The van der Waals surface area contributed by atoms with Gasteiger partial charge in [-0.15, -0.1) is 0 Å². The lowest BCUT2D eigenvalue weighted by molar-refractivity contribution is 0.355. The third-order valence-electron chi connectivity index (χ3n) is 4.63. The molecule has 0 heterocycles. The van der Waals surface area contributed by atoms with Gasteiger partial charge in [0.2, 0.25) is 0 Å². The number of aromatic hydroxyl groups is 1. The third kappa shape index (κ3) is 4.15. The second kappa shape index (κ2) is 6.21. The lowest BCUT2D eigenvalue weighted by atomic mass is 9.66. The summed E-state index contributed by atoms with van der Waals surface area (Å²) in [7, 11) is 1.76. The van der Waals surface area contributed by atoms with Crippen LogP contribution in [0.3, 0.4) is 0 Å². The van der Waals surface area contributed by atoms with E-state index in [0.29, 0.717) is 5.75 Å². The number of methoxy groups -OCH3 is 1. The molecule has 2 heteroatoms. The Morgan fingerprint density at radius 2 is 0.760 bits per heavy atom. The van der Waals surface area contributed by atoms with Crippen molar-refractivity contribution in [2.45, 2.75) is 105 Å². The van der Waals surface area contributed by atoms with Gasteiger partial charge in [-0.1, -0.05) is 83.1 Å². The topological polar surface area (TPSA) is 29.5 Å². The van der Waals surface area contributed by atoms with Crippen molar-refractivity contribution in [2.24, 2.45) is 0 Å². The van der Waals surface area contributed by atoms with Crippen LogP contribution >= 0.6 is 0 Å². The van der Waals surface area contributed by atoms with Crippen molar-refractivity contribution in [3.63, 3.8) is 0 Å². The van der Waals surface area contributed by atoms with Gasteiger partial charge in [-0.25, -0.2) is 0 Å². The van der Waals surface area contributed by atoms with Crippen LogP contribution in [-0.4, -0.2) is 12.2 Å². The minimum atomic E-state index is -0.184. The fourth-order valence-electron chi connectivity index (χ4n) is 3.81. The summed E-state index contributed by atoms with van der Waals surface area (Å²) in [5.41, 5.74) is 3.62. The maximum Gasteiger partial charge on any atom is 0.127 e. The molecule has 0 saturated carbocycles. The number of hydrogen-bond donors (Lipinski definition) is 1. The Kier molecular flexibility index (Phi) is 5.43. The van der Waals surface area contributed by atoms with Crippen molar-refractivity contribution in [3.8, 4) is 11.5 Å². The second-order valence-corrected chi connectivity index (χ2v) is 11.4. The van der Waals surface area contributed by atoms with Crippen molar-refractivity contribution < 1.29 is 9.84 Å². The van der Waals surface area contributed by atoms with Crippen LogP contribution in [-0.2, 0) is 21.7 Å². The Bertz CT molecular complexity index is 586. The molecule has 144 valence electrons. The maximum absolute atomic E-state index is 11.5. The smallest absolute Gasteiger partial charge is 0.127 e. The van der Waals surface area contributed by atoms with E-state index in [2.05, 4.69) is 83.1 Å². The Hall–Kier alpha value is -1.18. The summed E-state index contributed by atoms with van der Waals surface area (Å²) < 4.78 is 6.05. The van der Waals surface area contributed by atoms with E-state index >= 15 is 0 Å². The van der Waals surface area contributed by atoms with Crippen LogP contribution < -0.4 is 4.74 Å². The lowest BCUT2D eigenvalue weighted by Gasteiger charge is -2.40. The van der Waals surface area contributed by atoms with Crippen molar-refractivity contribution in [2.75, 3.05) is 7.11 Å². The van der Waals surface area contributed by atoms with Gasteiger partial charge >= 0.3 is 0 Å². The van der Waals surface area contributed by atoms with Crippen LogP contribution in [0.2, 0.25) is 0 Å². The van der Waals surface area contributed by atoms with Gasteiger partial charge in [-0.05, 0) is 21.7 Å². The SMILES string of the molecule is COc1c(C(C)(C)C)c(C(C)(C)C)c(O)c(C(C)(C)C)c1C(C)(C)C. The summed E-state index contributed by atoms with van der Waals surface area (Å²) in [6.45, 7) is 26.2. The van der Waals surface area contributed by atoms with Gasteiger partial charge in [0.05, 0.1) is 7.11 Å². The van der Waals surface area contributed by atoms with Gasteiger partial charge < -0.3 is 9.84 Å². The van der Waals surface area contributed by atoms with Crippen LogP contribution in [0.1, 0.15) is 105 Å². The standard InChI is InChI=1S/C23H40O2/c1-20(2,3)14-16(22(7,8)9)19(25-13)17(23(10,11)12)15(18(14)24)21(4,5)6/h24H,1-13H3. The zero-order valence-electron chi connectivity index (χ0n) is 18.9. The molecular formula is C23H40O2. The van der Waals surface area contributed by atoms with E-state index in [4.69, 9.17) is 4.74 Å². The minimum absolute atomic E-state index is 0.137. The van der Waals surface area contributed by atoms with Gasteiger partial charge in [0.1, 0.15) is 11.5 Å². The Morgan fingerprint density at radius 3 is 0.920 bits per heavy atom. The molecule has 0 radical (unpaired) electrons. The first-order valence-electron chi connectivity index (χ1n) is 9.34. The largest absolute Gasteiger partial charge is 0.507 e. The molecule has 0 unspecified atom stereocenters. The highest BCUT2D eigenvalue weighted by Crippen LogP contribution is 2.54. The molecule has 0 aliphatic carbocycles. The fourth-order valence-corrected chi connectivity index (χ4v) is 3.81. The monoisotopic (exact) mass is 348 g/mol. The number of ether oxygens (including phenoxy) is 1. The number of phenolic OH excluding ortho intramolecular Hbond substituents is 1. The molecule has 0 fully saturated rings. The number of hydrogen-bond acceptors (Lipinski definition) is 2. The van der Waals surface area contributed by atoms with E-state index < -0.39 is 0 Å². The quantitative estimate of drug-likeness (QED) is 0.620. The molecular weight excluding hydrogens is 308 g/mol.